The molecule has 2 aliphatic rings. The summed E-state index contributed by atoms with van der Waals surface area (Å²) in [5.41, 5.74) is 3.72. The predicted molar refractivity (Wildman–Crippen MR) is 132 cm³/mol. The number of nitrogens with zero attached hydrogens (tertiary/aromatic N) is 4. The van der Waals surface area contributed by atoms with Crippen molar-refractivity contribution < 1.29 is 9.53 Å². The van der Waals surface area contributed by atoms with Crippen LogP contribution in [0.4, 0.5) is 10.9 Å². The third-order valence-electron chi connectivity index (χ3n) is 5.58. The van der Waals surface area contributed by atoms with Gasteiger partial charge in [-0.25, -0.2) is 15.0 Å². The fourth-order valence-electron chi connectivity index (χ4n) is 3.79. The summed E-state index contributed by atoms with van der Waals surface area (Å²) in [7, 11) is 0. The van der Waals surface area contributed by atoms with Crippen LogP contribution in [0.1, 0.15) is 33.9 Å². The first-order chi connectivity index (χ1) is 16.0. The molecular formula is C24H25N5O2S2. The van der Waals surface area contributed by atoms with E-state index in [1.165, 1.54) is 16.9 Å². The smallest absolute Gasteiger partial charge is 0.255 e. The van der Waals surface area contributed by atoms with Crippen molar-refractivity contribution in [3.63, 3.8) is 0 Å². The lowest BCUT2D eigenvalue weighted by Crippen LogP contribution is -2.54. The van der Waals surface area contributed by atoms with E-state index < -0.39 is 0 Å². The zero-order valence-corrected chi connectivity index (χ0v) is 20.2. The average Bonchev–Trinajstić information content (AvgIpc) is 3.39. The first kappa shape index (κ1) is 21.9. The highest BCUT2D eigenvalue weighted by Gasteiger charge is 2.32. The second kappa shape index (κ2) is 9.54. The number of aryl methyl sites for hydroxylation is 2. The fourth-order valence-corrected chi connectivity index (χ4v) is 5.45. The third kappa shape index (κ3) is 5.05. The van der Waals surface area contributed by atoms with Gasteiger partial charge in [0.15, 0.2) is 5.13 Å². The SMILES string of the molecule is Cc1nc(C)c(-c2csc(Nc3ccc(C(=O)N4CC(OCC5=CCCC=C5)C4)cn3)n2)s1. The summed E-state index contributed by atoms with van der Waals surface area (Å²) in [6, 6.07) is 3.61. The Morgan fingerprint density at radius 2 is 2.12 bits per heavy atom. The lowest BCUT2D eigenvalue weighted by atomic mass is 10.1. The van der Waals surface area contributed by atoms with E-state index in [0.29, 0.717) is 31.1 Å². The number of amides is 1. The maximum absolute atomic E-state index is 12.7. The number of hydrogen-bond donors (Lipinski definition) is 1. The number of allylic oxidation sites excluding steroid dienone is 2. The minimum absolute atomic E-state index is 0.0155. The van der Waals surface area contributed by atoms with Gasteiger partial charge < -0.3 is 15.0 Å². The molecule has 3 aromatic rings. The molecule has 33 heavy (non-hydrogen) atoms. The van der Waals surface area contributed by atoms with Crippen molar-refractivity contribution in [3.05, 3.63) is 63.8 Å². The number of likely N-dealkylation sites (tertiary alicyclic amines) is 1. The van der Waals surface area contributed by atoms with Crippen LogP contribution in [0.25, 0.3) is 10.6 Å². The fraction of sp³-hybridized carbons (Fsp3) is 0.333. The molecule has 0 bridgehead atoms. The first-order valence-corrected chi connectivity index (χ1v) is 12.6. The van der Waals surface area contributed by atoms with E-state index in [2.05, 4.69) is 38.5 Å². The summed E-state index contributed by atoms with van der Waals surface area (Å²) in [5, 5.41) is 7.03. The zero-order valence-electron chi connectivity index (χ0n) is 18.6. The Balaban J connectivity index is 1.13. The molecule has 0 radical (unpaired) electrons. The van der Waals surface area contributed by atoms with Crippen molar-refractivity contribution in [1.29, 1.82) is 0 Å². The second-order valence-corrected chi connectivity index (χ2v) is 10.2. The Morgan fingerprint density at radius 1 is 1.24 bits per heavy atom. The predicted octanol–water partition coefficient (Wildman–Crippen LogP) is 5.14. The summed E-state index contributed by atoms with van der Waals surface area (Å²) in [6.07, 6.45) is 10.4. The standard InChI is InChI=1S/C24H25N5O2S2/c1-15-22(33-16(2)26-15)20-14-32-24(27-20)28-21-9-8-18(10-25-21)23(30)29-11-19(12-29)31-13-17-6-4-3-5-7-17/h4,6-10,14,19H,3,5,11-13H2,1-2H3,(H,25,27,28). The van der Waals surface area contributed by atoms with Crippen LogP contribution in [0.2, 0.25) is 0 Å². The second-order valence-electron chi connectivity index (χ2n) is 8.14. The van der Waals surface area contributed by atoms with Crippen LogP contribution in [0.15, 0.2) is 47.5 Å². The molecule has 1 saturated heterocycles. The van der Waals surface area contributed by atoms with Crippen molar-refractivity contribution in [2.24, 2.45) is 0 Å². The molecule has 170 valence electrons. The Labute approximate surface area is 200 Å². The summed E-state index contributed by atoms with van der Waals surface area (Å²) in [5.74, 6) is 0.640. The van der Waals surface area contributed by atoms with Crippen LogP contribution in [-0.2, 0) is 4.74 Å². The third-order valence-corrected chi connectivity index (χ3v) is 7.43. The van der Waals surface area contributed by atoms with Crippen LogP contribution in [0, 0.1) is 13.8 Å². The quantitative estimate of drug-likeness (QED) is 0.505. The molecule has 0 spiro atoms. The number of rotatable bonds is 7. The summed E-state index contributed by atoms with van der Waals surface area (Å²) < 4.78 is 5.91. The van der Waals surface area contributed by atoms with E-state index in [4.69, 9.17) is 4.74 Å². The van der Waals surface area contributed by atoms with E-state index >= 15 is 0 Å². The molecule has 1 aliphatic heterocycles. The number of carbonyl (C=O) groups excluding carboxylic acids is 1. The van der Waals surface area contributed by atoms with E-state index in [9.17, 15) is 4.79 Å². The average molecular weight is 480 g/mol. The number of hydrogen-bond acceptors (Lipinski definition) is 8. The number of carbonyl (C=O) groups is 1. The van der Waals surface area contributed by atoms with E-state index in [0.717, 1.165) is 39.2 Å². The van der Waals surface area contributed by atoms with Gasteiger partial charge in [-0.3, -0.25) is 4.79 Å². The number of anilines is 2. The minimum Gasteiger partial charge on any atom is -0.370 e. The minimum atomic E-state index is -0.0155. The summed E-state index contributed by atoms with van der Waals surface area (Å²) in [4.78, 5) is 29.1. The van der Waals surface area contributed by atoms with E-state index in [1.54, 1.807) is 28.5 Å². The molecule has 1 N–H and O–H groups in total. The van der Waals surface area contributed by atoms with Gasteiger partial charge >= 0.3 is 0 Å². The number of ether oxygens (including phenoxy) is 1. The molecule has 4 heterocycles. The van der Waals surface area contributed by atoms with E-state index in [1.807, 2.05) is 25.3 Å². The number of nitrogens with one attached hydrogen (secondary N) is 1. The van der Waals surface area contributed by atoms with Gasteiger partial charge in [0.1, 0.15) is 5.82 Å². The van der Waals surface area contributed by atoms with Gasteiger partial charge in [-0.2, -0.15) is 0 Å². The molecule has 0 atom stereocenters. The maximum Gasteiger partial charge on any atom is 0.255 e. The Morgan fingerprint density at radius 3 is 2.82 bits per heavy atom. The van der Waals surface area contributed by atoms with Gasteiger partial charge in [0.25, 0.3) is 5.91 Å². The molecule has 1 aliphatic carbocycles. The number of thiazole rings is 2. The normalized spacial score (nSPS) is 15.9. The number of pyridine rings is 1. The summed E-state index contributed by atoms with van der Waals surface area (Å²) in [6.45, 7) is 5.86. The van der Waals surface area contributed by atoms with Gasteiger partial charge in [-0.1, -0.05) is 18.2 Å². The highest BCUT2D eigenvalue weighted by Crippen LogP contribution is 2.32. The van der Waals surface area contributed by atoms with Crippen LogP contribution < -0.4 is 5.32 Å². The van der Waals surface area contributed by atoms with Crippen molar-refractivity contribution in [2.75, 3.05) is 25.0 Å². The van der Waals surface area contributed by atoms with Crippen LogP contribution in [0.3, 0.4) is 0 Å². The van der Waals surface area contributed by atoms with Gasteiger partial charge in [0, 0.05) is 24.7 Å². The van der Waals surface area contributed by atoms with Crippen molar-refractivity contribution in [3.8, 4) is 10.6 Å². The van der Waals surface area contributed by atoms with Gasteiger partial charge in [-0.05, 0) is 44.4 Å². The van der Waals surface area contributed by atoms with Gasteiger partial charge in [0.05, 0.1) is 39.5 Å². The number of aromatic nitrogens is 3. The Hall–Kier alpha value is -2.88. The highest BCUT2D eigenvalue weighted by molar-refractivity contribution is 7.16. The molecule has 1 fully saturated rings. The topological polar surface area (TPSA) is 80.2 Å². The maximum atomic E-state index is 12.7. The van der Waals surface area contributed by atoms with Crippen LogP contribution in [0.5, 0.6) is 0 Å². The van der Waals surface area contributed by atoms with Crippen molar-refractivity contribution in [1.82, 2.24) is 19.9 Å². The Bertz CT molecular complexity index is 1210. The zero-order chi connectivity index (χ0) is 22.8. The summed E-state index contributed by atoms with van der Waals surface area (Å²) >= 11 is 3.17. The molecule has 9 heteroatoms. The lowest BCUT2D eigenvalue weighted by molar-refractivity contribution is -0.0339. The molecule has 0 saturated carbocycles. The van der Waals surface area contributed by atoms with Gasteiger partial charge in [0.2, 0.25) is 0 Å². The van der Waals surface area contributed by atoms with Crippen LogP contribution in [-0.4, -0.2) is 51.6 Å². The van der Waals surface area contributed by atoms with Crippen LogP contribution >= 0.6 is 22.7 Å². The van der Waals surface area contributed by atoms with Crippen molar-refractivity contribution in [2.45, 2.75) is 32.8 Å². The molecule has 0 unspecified atom stereocenters. The largest absolute Gasteiger partial charge is 0.370 e. The monoisotopic (exact) mass is 479 g/mol. The molecule has 7 nitrogen and oxygen atoms in total. The molecule has 0 aromatic carbocycles. The van der Waals surface area contributed by atoms with Gasteiger partial charge in [-0.15, -0.1) is 22.7 Å². The highest BCUT2D eigenvalue weighted by atomic mass is 32.1. The molecule has 5 rings (SSSR count). The van der Waals surface area contributed by atoms with E-state index in [-0.39, 0.29) is 12.0 Å². The Kier molecular flexibility index (Phi) is 6.34. The molecule has 3 aromatic heterocycles. The van der Waals surface area contributed by atoms with Crippen molar-refractivity contribution >= 4 is 39.5 Å². The molecule has 1 amide bonds. The molecular weight excluding hydrogens is 454 g/mol. The lowest BCUT2D eigenvalue weighted by Gasteiger charge is -2.39. The first-order valence-electron chi connectivity index (χ1n) is 10.9.